The molecule has 0 radical (unpaired) electrons. The lowest BCUT2D eigenvalue weighted by atomic mass is 9.86. The van der Waals surface area contributed by atoms with Crippen molar-refractivity contribution in [3.05, 3.63) is 71.8 Å². The number of carbonyl (C=O) groups excluding carboxylic acids is 1. The second-order valence-electron chi connectivity index (χ2n) is 7.19. The predicted molar refractivity (Wildman–Crippen MR) is 101 cm³/mol. The molecule has 3 heteroatoms. The Bertz CT molecular complexity index is 617. The van der Waals surface area contributed by atoms with E-state index >= 15 is 0 Å². The molecule has 3 rings (SSSR count). The maximum Gasteiger partial charge on any atom is 0.275 e. The van der Waals surface area contributed by atoms with Gasteiger partial charge in [-0.05, 0) is 30.4 Å². The van der Waals surface area contributed by atoms with Crippen LogP contribution < -0.4 is 10.6 Å². The Morgan fingerprint density at radius 3 is 2.12 bits per heavy atom. The topological polar surface area (TPSA) is 45.7 Å². The Balaban J connectivity index is 1.65. The molecule has 1 amide bonds. The molecule has 3 nitrogen and oxygen atoms in total. The van der Waals surface area contributed by atoms with Gasteiger partial charge in [-0.1, -0.05) is 74.0 Å². The van der Waals surface area contributed by atoms with Crippen molar-refractivity contribution >= 4 is 5.91 Å². The standard InChI is InChI=1S/C22H28N2O/c1-17-10-8-9-15-20(17)23-16-21(25)24-22(18-11-4-2-5-12-18)19-13-6-3-7-14-19/h2-7,11-14,17,20,22-23H,8-10,15-16H2,1H3,(H,24,25)/p+1/t17-,20+/m0/s1. The molecule has 3 N–H and O–H groups in total. The molecule has 0 aromatic heterocycles. The number of benzene rings is 2. The van der Waals surface area contributed by atoms with Gasteiger partial charge in [0.1, 0.15) is 0 Å². The fraction of sp³-hybridized carbons (Fsp3) is 0.409. The molecular formula is C22H29N2O+. The van der Waals surface area contributed by atoms with Gasteiger partial charge in [-0.2, -0.15) is 0 Å². The highest BCUT2D eigenvalue weighted by atomic mass is 16.2. The first-order valence-electron chi connectivity index (χ1n) is 9.46. The number of hydrogen-bond acceptors (Lipinski definition) is 1. The maximum absolute atomic E-state index is 12.6. The molecule has 0 heterocycles. The van der Waals surface area contributed by atoms with Gasteiger partial charge in [-0.25, -0.2) is 0 Å². The third-order valence-electron chi connectivity index (χ3n) is 5.35. The first-order chi connectivity index (χ1) is 12.2. The zero-order valence-electron chi connectivity index (χ0n) is 15.0. The Hall–Kier alpha value is -2.13. The monoisotopic (exact) mass is 337 g/mol. The van der Waals surface area contributed by atoms with Crippen molar-refractivity contribution in [3.8, 4) is 0 Å². The van der Waals surface area contributed by atoms with Crippen molar-refractivity contribution in [2.45, 2.75) is 44.7 Å². The van der Waals surface area contributed by atoms with Crippen molar-refractivity contribution in [2.24, 2.45) is 5.92 Å². The average molecular weight is 337 g/mol. The second-order valence-corrected chi connectivity index (χ2v) is 7.19. The van der Waals surface area contributed by atoms with E-state index in [0.717, 1.165) is 11.1 Å². The minimum Gasteiger partial charge on any atom is -0.340 e. The van der Waals surface area contributed by atoms with Crippen LogP contribution in [0.4, 0.5) is 0 Å². The average Bonchev–Trinajstić information content (AvgIpc) is 2.67. The first kappa shape index (κ1) is 17.7. The Morgan fingerprint density at radius 1 is 1.00 bits per heavy atom. The Labute approximate surface area is 150 Å². The summed E-state index contributed by atoms with van der Waals surface area (Å²) in [5.74, 6) is 0.816. The number of nitrogens with one attached hydrogen (secondary N) is 1. The minimum absolute atomic E-state index is 0.0907. The molecule has 0 spiro atoms. The number of quaternary nitrogens is 1. The molecule has 0 saturated heterocycles. The predicted octanol–water partition coefficient (Wildman–Crippen LogP) is 3.03. The van der Waals surface area contributed by atoms with Gasteiger partial charge in [-0.15, -0.1) is 0 Å². The largest absolute Gasteiger partial charge is 0.340 e. The summed E-state index contributed by atoms with van der Waals surface area (Å²) >= 11 is 0. The Morgan fingerprint density at radius 2 is 1.56 bits per heavy atom. The molecule has 132 valence electrons. The summed E-state index contributed by atoms with van der Waals surface area (Å²) in [5, 5.41) is 5.48. The van der Waals surface area contributed by atoms with Crippen LogP contribution in [-0.4, -0.2) is 18.5 Å². The van der Waals surface area contributed by atoms with E-state index in [4.69, 9.17) is 0 Å². The van der Waals surface area contributed by atoms with Crippen LogP contribution >= 0.6 is 0 Å². The quantitative estimate of drug-likeness (QED) is 0.836. The zero-order chi connectivity index (χ0) is 17.5. The molecule has 1 saturated carbocycles. The molecule has 1 fully saturated rings. The van der Waals surface area contributed by atoms with Crippen LogP contribution in [0.15, 0.2) is 60.7 Å². The van der Waals surface area contributed by atoms with Gasteiger partial charge in [0.05, 0.1) is 12.1 Å². The minimum atomic E-state index is -0.0907. The van der Waals surface area contributed by atoms with Gasteiger partial charge in [0, 0.05) is 5.92 Å². The van der Waals surface area contributed by atoms with E-state index in [9.17, 15) is 4.79 Å². The number of rotatable bonds is 6. The third kappa shape index (κ3) is 4.93. The molecule has 25 heavy (non-hydrogen) atoms. The number of carbonyl (C=O) groups is 1. The number of hydrogen-bond donors (Lipinski definition) is 2. The number of nitrogens with two attached hydrogens (primary N) is 1. The van der Waals surface area contributed by atoms with Crippen molar-refractivity contribution in [3.63, 3.8) is 0 Å². The van der Waals surface area contributed by atoms with E-state index in [2.05, 4.69) is 41.8 Å². The van der Waals surface area contributed by atoms with Crippen LogP contribution in [0.5, 0.6) is 0 Å². The molecular weight excluding hydrogens is 308 g/mol. The molecule has 1 aliphatic rings. The van der Waals surface area contributed by atoms with Crippen molar-refractivity contribution in [2.75, 3.05) is 6.54 Å². The van der Waals surface area contributed by atoms with Gasteiger partial charge in [0.15, 0.2) is 6.54 Å². The van der Waals surface area contributed by atoms with Gasteiger partial charge in [0.25, 0.3) is 5.91 Å². The lowest BCUT2D eigenvalue weighted by Gasteiger charge is -2.27. The van der Waals surface area contributed by atoms with Crippen LogP contribution in [-0.2, 0) is 4.79 Å². The lowest BCUT2D eigenvalue weighted by molar-refractivity contribution is -0.687. The first-order valence-corrected chi connectivity index (χ1v) is 9.46. The van der Waals surface area contributed by atoms with Crippen molar-refractivity contribution < 1.29 is 10.1 Å². The SMILES string of the molecule is C[C@H]1CCCC[C@H]1[NH2+]CC(=O)NC(c1ccccc1)c1ccccc1. The van der Waals surface area contributed by atoms with Gasteiger partial charge >= 0.3 is 0 Å². The van der Waals surface area contributed by atoms with Crippen molar-refractivity contribution in [1.82, 2.24) is 5.32 Å². The van der Waals surface area contributed by atoms with E-state index in [-0.39, 0.29) is 11.9 Å². The van der Waals surface area contributed by atoms with Crippen LogP contribution in [0.2, 0.25) is 0 Å². The molecule has 0 bridgehead atoms. The molecule has 2 atom stereocenters. The van der Waals surface area contributed by atoms with Crippen LogP contribution in [0.1, 0.15) is 49.8 Å². The fourth-order valence-corrected chi connectivity index (χ4v) is 3.82. The van der Waals surface area contributed by atoms with Crippen molar-refractivity contribution in [1.29, 1.82) is 0 Å². The maximum atomic E-state index is 12.6. The highest BCUT2D eigenvalue weighted by Gasteiger charge is 2.25. The summed E-state index contributed by atoms with van der Waals surface area (Å²) < 4.78 is 0. The van der Waals surface area contributed by atoms with Crippen LogP contribution in [0.3, 0.4) is 0 Å². The normalized spacial score (nSPS) is 20.4. The van der Waals surface area contributed by atoms with E-state index in [1.54, 1.807) is 0 Å². The summed E-state index contributed by atoms with van der Waals surface area (Å²) in [7, 11) is 0. The lowest BCUT2D eigenvalue weighted by Crippen LogP contribution is -2.93. The second kappa shape index (κ2) is 8.82. The summed E-state index contributed by atoms with van der Waals surface area (Å²) in [6.07, 6.45) is 5.15. The Kier molecular flexibility index (Phi) is 6.24. The molecule has 2 aromatic carbocycles. The molecule has 0 unspecified atom stereocenters. The fourth-order valence-electron chi connectivity index (χ4n) is 3.82. The highest BCUT2D eigenvalue weighted by Crippen LogP contribution is 2.22. The van der Waals surface area contributed by atoms with E-state index in [1.165, 1.54) is 25.7 Å². The van der Waals surface area contributed by atoms with Gasteiger partial charge in [0.2, 0.25) is 0 Å². The third-order valence-corrected chi connectivity index (χ3v) is 5.35. The van der Waals surface area contributed by atoms with Crippen LogP contribution in [0, 0.1) is 5.92 Å². The molecule has 0 aliphatic heterocycles. The summed E-state index contributed by atoms with van der Waals surface area (Å²) in [5.41, 5.74) is 2.24. The van der Waals surface area contributed by atoms with E-state index < -0.39 is 0 Å². The molecule has 1 aliphatic carbocycles. The van der Waals surface area contributed by atoms with Crippen LogP contribution in [0.25, 0.3) is 0 Å². The number of amides is 1. The van der Waals surface area contributed by atoms with Gasteiger partial charge < -0.3 is 10.6 Å². The van der Waals surface area contributed by atoms with Gasteiger partial charge in [-0.3, -0.25) is 4.79 Å². The zero-order valence-corrected chi connectivity index (χ0v) is 15.0. The molecule has 2 aromatic rings. The summed E-state index contributed by atoms with van der Waals surface area (Å²) in [6.45, 7) is 2.82. The summed E-state index contributed by atoms with van der Waals surface area (Å²) in [6, 6.07) is 20.9. The van der Waals surface area contributed by atoms with E-state index in [0.29, 0.717) is 18.5 Å². The smallest absolute Gasteiger partial charge is 0.275 e. The summed E-state index contributed by atoms with van der Waals surface area (Å²) in [4.78, 5) is 12.6. The highest BCUT2D eigenvalue weighted by molar-refractivity contribution is 5.77. The van der Waals surface area contributed by atoms with E-state index in [1.807, 2.05) is 36.4 Å².